The first-order valence-corrected chi connectivity index (χ1v) is 7.38. The first-order chi connectivity index (χ1) is 10.8. The number of ether oxygens (including phenoxy) is 1. The molecule has 2 aromatic heterocycles. The van der Waals surface area contributed by atoms with Crippen LogP contribution in [-0.2, 0) is 0 Å². The highest BCUT2D eigenvalue weighted by molar-refractivity contribution is 6.05. The highest BCUT2D eigenvalue weighted by atomic mass is 16.5. The van der Waals surface area contributed by atoms with Gasteiger partial charge < -0.3 is 15.4 Å². The van der Waals surface area contributed by atoms with Crippen LogP contribution in [0.1, 0.15) is 23.2 Å². The van der Waals surface area contributed by atoms with Gasteiger partial charge in [0.2, 0.25) is 5.88 Å². The van der Waals surface area contributed by atoms with Gasteiger partial charge in [-0.3, -0.25) is 4.79 Å². The van der Waals surface area contributed by atoms with Crippen LogP contribution >= 0.6 is 0 Å². The average Bonchev–Trinajstić information content (AvgIpc) is 2.57. The van der Waals surface area contributed by atoms with E-state index in [1.54, 1.807) is 36.7 Å². The molecule has 0 saturated carbocycles. The number of nitrogens with zero attached hydrogens (tertiary/aromatic N) is 2. The molecule has 1 aliphatic heterocycles. The number of aromatic nitrogens is 2. The zero-order chi connectivity index (χ0) is 15.2. The molecule has 0 bridgehead atoms. The number of amides is 1. The molecule has 1 amide bonds. The number of rotatable bonds is 4. The lowest BCUT2D eigenvalue weighted by molar-refractivity contribution is 0.101. The van der Waals surface area contributed by atoms with Crippen molar-refractivity contribution in [1.82, 2.24) is 15.3 Å². The molecular weight excluding hydrogens is 280 g/mol. The Balaban J connectivity index is 1.74. The van der Waals surface area contributed by atoms with Crippen molar-refractivity contribution in [3.8, 4) is 5.88 Å². The quantitative estimate of drug-likeness (QED) is 0.901. The molecule has 3 heterocycles. The largest absolute Gasteiger partial charge is 0.474 e. The van der Waals surface area contributed by atoms with Crippen LogP contribution in [0.4, 0.5) is 5.82 Å². The fourth-order valence-corrected chi connectivity index (χ4v) is 2.35. The van der Waals surface area contributed by atoms with Crippen LogP contribution in [0.3, 0.4) is 0 Å². The monoisotopic (exact) mass is 298 g/mol. The molecule has 2 N–H and O–H groups in total. The number of hydrogen-bond donors (Lipinski definition) is 2. The Labute approximate surface area is 128 Å². The van der Waals surface area contributed by atoms with Gasteiger partial charge in [-0.05, 0) is 50.2 Å². The Morgan fingerprint density at radius 2 is 1.95 bits per heavy atom. The number of piperidine rings is 1. The van der Waals surface area contributed by atoms with Crippen molar-refractivity contribution in [2.75, 3.05) is 18.4 Å². The van der Waals surface area contributed by atoms with E-state index < -0.39 is 0 Å². The molecule has 0 unspecified atom stereocenters. The molecule has 0 aromatic carbocycles. The molecule has 0 aliphatic carbocycles. The van der Waals surface area contributed by atoms with Gasteiger partial charge in [-0.2, -0.15) is 0 Å². The van der Waals surface area contributed by atoms with Crippen molar-refractivity contribution in [3.63, 3.8) is 0 Å². The summed E-state index contributed by atoms with van der Waals surface area (Å²) in [5.74, 6) is 0.614. The zero-order valence-electron chi connectivity index (χ0n) is 12.2. The van der Waals surface area contributed by atoms with Crippen molar-refractivity contribution in [3.05, 3.63) is 48.3 Å². The maximum Gasteiger partial charge on any atom is 0.262 e. The van der Waals surface area contributed by atoms with E-state index in [0.29, 0.717) is 17.3 Å². The topological polar surface area (TPSA) is 76.1 Å². The summed E-state index contributed by atoms with van der Waals surface area (Å²) in [6.45, 7) is 1.85. The summed E-state index contributed by atoms with van der Waals surface area (Å²) in [6.07, 6.45) is 5.19. The molecule has 1 saturated heterocycles. The van der Waals surface area contributed by atoms with Gasteiger partial charge in [-0.25, -0.2) is 9.97 Å². The molecule has 0 radical (unpaired) electrons. The van der Waals surface area contributed by atoms with Crippen LogP contribution in [0, 0.1) is 0 Å². The number of carbonyl (C=O) groups excluding carboxylic acids is 1. The molecule has 3 rings (SSSR count). The van der Waals surface area contributed by atoms with E-state index in [1.165, 1.54) is 0 Å². The molecule has 1 fully saturated rings. The van der Waals surface area contributed by atoms with E-state index in [2.05, 4.69) is 20.6 Å². The molecule has 2 aromatic rings. The summed E-state index contributed by atoms with van der Waals surface area (Å²) in [5.41, 5.74) is 0.423. The number of anilines is 1. The van der Waals surface area contributed by atoms with E-state index >= 15 is 0 Å². The van der Waals surface area contributed by atoms with Crippen molar-refractivity contribution in [2.45, 2.75) is 18.9 Å². The van der Waals surface area contributed by atoms with Gasteiger partial charge in [-0.1, -0.05) is 6.07 Å². The molecular formula is C16H18N4O2. The standard InChI is InChI=1S/C16H18N4O2/c21-15(20-14-5-1-2-8-18-14)13-4-3-9-19-16(13)22-12-6-10-17-11-7-12/h1-5,8-9,12,17H,6-7,10-11H2,(H,18,20,21). The van der Waals surface area contributed by atoms with Crippen molar-refractivity contribution in [2.24, 2.45) is 0 Å². The second-order valence-electron chi connectivity index (χ2n) is 5.09. The second-order valence-corrected chi connectivity index (χ2v) is 5.09. The minimum atomic E-state index is -0.268. The number of carbonyl (C=O) groups is 1. The smallest absolute Gasteiger partial charge is 0.262 e. The Kier molecular flexibility index (Phi) is 4.60. The SMILES string of the molecule is O=C(Nc1ccccn1)c1cccnc1OC1CCNCC1. The zero-order valence-corrected chi connectivity index (χ0v) is 12.2. The molecule has 6 heteroatoms. The van der Waals surface area contributed by atoms with Gasteiger partial charge in [-0.15, -0.1) is 0 Å². The van der Waals surface area contributed by atoms with Gasteiger partial charge in [0.1, 0.15) is 17.5 Å². The maximum atomic E-state index is 12.4. The van der Waals surface area contributed by atoms with Crippen molar-refractivity contribution in [1.29, 1.82) is 0 Å². The third-order valence-corrected chi connectivity index (χ3v) is 3.49. The van der Waals surface area contributed by atoms with Crippen molar-refractivity contribution < 1.29 is 9.53 Å². The Bertz CT molecular complexity index is 627. The summed E-state index contributed by atoms with van der Waals surface area (Å²) in [4.78, 5) is 20.7. The second kappa shape index (κ2) is 7.00. The summed E-state index contributed by atoms with van der Waals surface area (Å²) in [6, 6.07) is 8.79. The Morgan fingerprint density at radius 3 is 2.73 bits per heavy atom. The fraction of sp³-hybridized carbons (Fsp3) is 0.312. The van der Waals surface area contributed by atoms with Crippen LogP contribution in [0.5, 0.6) is 5.88 Å². The minimum Gasteiger partial charge on any atom is -0.474 e. The first-order valence-electron chi connectivity index (χ1n) is 7.38. The van der Waals surface area contributed by atoms with Crippen LogP contribution in [0.15, 0.2) is 42.7 Å². The molecule has 114 valence electrons. The van der Waals surface area contributed by atoms with Gasteiger partial charge in [0.25, 0.3) is 5.91 Å². The van der Waals surface area contributed by atoms with E-state index in [4.69, 9.17) is 4.74 Å². The normalized spacial score (nSPS) is 15.3. The fourth-order valence-electron chi connectivity index (χ4n) is 2.35. The highest BCUT2D eigenvalue weighted by Crippen LogP contribution is 2.20. The van der Waals surface area contributed by atoms with E-state index in [9.17, 15) is 4.79 Å². The van der Waals surface area contributed by atoms with Crippen molar-refractivity contribution >= 4 is 11.7 Å². The van der Waals surface area contributed by atoms with E-state index in [-0.39, 0.29) is 12.0 Å². The van der Waals surface area contributed by atoms with Crippen LogP contribution in [0.25, 0.3) is 0 Å². The number of pyridine rings is 2. The average molecular weight is 298 g/mol. The van der Waals surface area contributed by atoms with Gasteiger partial charge in [0.15, 0.2) is 0 Å². The Hall–Kier alpha value is -2.47. The predicted molar refractivity (Wildman–Crippen MR) is 82.9 cm³/mol. The maximum absolute atomic E-state index is 12.4. The number of nitrogens with one attached hydrogen (secondary N) is 2. The van der Waals surface area contributed by atoms with Crippen LogP contribution in [0.2, 0.25) is 0 Å². The van der Waals surface area contributed by atoms with E-state index in [1.807, 2.05) is 6.07 Å². The van der Waals surface area contributed by atoms with Gasteiger partial charge in [0, 0.05) is 12.4 Å². The Morgan fingerprint density at radius 1 is 1.14 bits per heavy atom. The molecule has 0 atom stereocenters. The third kappa shape index (κ3) is 3.59. The summed E-state index contributed by atoms with van der Waals surface area (Å²) in [5, 5.41) is 6.04. The highest BCUT2D eigenvalue weighted by Gasteiger charge is 2.19. The molecule has 6 nitrogen and oxygen atoms in total. The summed E-state index contributed by atoms with van der Waals surface area (Å²) >= 11 is 0. The summed E-state index contributed by atoms with van der Waals surface area (Å²) in [7, 11) is 0. The van der Waals surface area contributed by atoms with E-state index in [0.717, 1.165) is 25.9 Å². The molecule has 1 aliphatic rings. The molecule has 0 spiro atoms. The lowest BCUT2D eigenvalue weighted by atomic mass is 10.1. The van der Waals surface area contributed by atoms with Crippen LogP contribution < -0.4 is 15.4 Å². The number of hydrogen-bond acceptors (Lipinski definition) is 5. The molecule has 22 heavy (non-hydrogen) atoms. The minimum absolute atomic E-state index is 0.0950. The lowest BCUT2D eigenvalue weighted by Crippen LogP contribution is -2.34. The summed E-state index contributed by atoms with van der Waals surface area (Å²) < 4.78 is 5.91. The predicted octanol–water partition coefficient (Wildman–Crippen LogP) is 1.86. The first kappa shape index (κ1) is 14.5. The van der Waals surface area contributed by atoms with Gasteiger partial charge in [0.05, 0.1) is 0 Å². The van der Waals surface area contributed by atoms with Crippen LogP contribution in [-0.4, -0.2) is 35.1 Å². The lowest BCUT2D eigenvalue weighted by Gasteiger charge is -2.24. The van der Waals surface area contributed by atoms with Gasteiger partial charge >= 0.3 is 0 Å². The third-order valence-electron chi connectivity index (χ3n) is 3.49.